The highest BCUT2D eigenvalue weighted by atomic mass is 19.3. The van der Waals surface area contributed by atoms with Crippen LogP contribution in [0, 0.1) is 5.41 Å². The summed E-state index contributed by atoms with van der Waals surface area (Å²) < 4.78 is 29.4. The van der Waals surface area contributed by atoms with Crippen molar-refractivity contribution in [1.29, 1.82) is 0 Å². The second-order valence-corrected chi connectivity index (χ2v) is 5.42. The van der Waals surface area contributed by atoms with Gasteiger partial charge in [0.2, 0.25) is 0 Å². The maximum Gasteiger partial charge on any atom is 0.387 e. The molecule has 0 saturated heterocycles. The number of rotatable bonds is 8. The lowest BCUT2D eigenvalue weighted by Gasteiger charge is -2.23. The molecule has 0 aromatic heterocycles. The lowest BCUT2D eigenvalue weighted by molar-refractivity contribution is -0.0507. The molecule has 0 heterocycles. The molecule has 3 nitrogen and oxygen atoms in total. The average Bonchev–Trinajstić information content (AvgIpc) is 3.21. The molecule has 5 heteroatoms. The topological polar surface area (TPSA) is 41.5 Å². The minimum absolute atomic E-state index is 0.00800. The van der Waals surface area contributed by atoms with Crippen molar-refractivity contribution in [2.24, 2.45) is 5.41 Å². The zero-order valence-electron chi connectivity index (χ0n) is 11.6. The van der Waals surface area contributed by atoms with Crippen LogP contribution in [0.1, 0.15) is 37.8 Å². The highest BCUT2D eigenvalue weighted by Gasteiger charge is 2.42. The molecule has 1 saturated carbocycles. The van der Waals surface area contributed by atoms with Crippen molar-refractivity contribution in [3.63, 3.8) is 0 Å². The Hall–Kier alpha value is -1.20. The first kappa shape index (κ1) is 15.2. The zero-order valence-corrected chi connectivity index (χ0v) is 11.6. The van der Waals surface area contributed by atoms with Crippen molar-refractivity contribution in [2.45, 2.75) is 38.8 Å². The molecule has 0 bridgehead atoms. The van der Waals surface area contributed by atoms with Gasteiger partial charge in [-0.25, -0.2) is 0 Å². The summed E-state index contributed by atoms with van der Waals surface area (Å²) in [5.41, 5.74) is 0.732. The van der Waals surface area contributed by atoms with Gasteiger partial charge in [-0.05, 0) is 25.3 Å². The maximum absolute atomic E-state index is 12.4. The number of nitrogens with one attached hydrogen (secondary N) is 1. The third-order valence-corrected chi connectivity index (χ3v) is 3.93. The number of halogens is 2. The molecule has 20 heavy (non-hydrogen) atoms. The highest BCUT2D eigenvalue weighted by molar-refractivity contribution is 5.36. The van der Waals surface area contributed by atoms with Crippen LogP contribution < -0.4 is 10.1 Å². The second-order valence-electron chi connectivity index (χ2n) is 5.42. The van der Waals surface area contributed by atoms with Crippen molar-refractivity contribution in [3.05, 3.63) is 29.8 Å². The highest BCUT2D eigenvalue weighted by Crippen LogP contribution is 2.45. The van der Waals surface area contributed by atoms with E-state index < -0.39 is 6.61 Å². The fraction of sp³-hybridized carbons (Fsp3) is 0.600. The molecule has 1 aromatic carbocycles. The smallest absolute Gasteiger partial charge is 0.387 e. The Labute approximate surface area is 117 Å². The van der Waals surface area contributed by atoms with Gasteiger partial charge in [0, 0.05) is 30.2 Å². The lowest BCUT2D eigenvalue weighted by Crippen LogP contribution is -2.30. The monoisotopic (exact) mass is 285 g/mol. The standard InChI is InChI=1S/C15H21F2NO2/c1-2-12(18-9-15(10-19)7-8-15)11-5-3-4-6-13(11)20-14(16)17/h3-6,12,14,18-19H,2,7-10H2,1H3. The van der Waals surface area contributed by atoms with E-state index in [1.54, 1.807) is 18.2 Å². The van der Waals surface area contributed by atoms with Gasteiger partial charge in [-0.15, -0.1) is 0 Å². The molecule has 2 N–H and O–H groups in total. The van der Waals surface area contributed by atoms with Gasteiger partial charge < -0.3 is 15.2 Å². The molecule has 0 amide bonds. The van der Waals surface area contributed by atoms with E-state index in [1.165, 1.54) is 0 Å². The quantitative estimate of drug-likeness (QED) is 0.771. The number of para-hydroxylation sites is 1. The molecule has 1 aromatic rings. The first-order valence-corrected chi connectivity index (χ1v) is 6.98. The first-order valence-electron chi connectivity index (χ1n) is 6.98. The predicted octanol–water partition coefficient (Wildman–Crippen LogP) is 3.10. The summed E-state index contributed by atoms with van der Waals surface area (Å²) in [4.78, 5) is 0. The van der Waals surface area contributed by atoms with E-state index >= 15 is 0 Å². The number of ether oxygens (including phenoxy) is 1. The molecule has 1 aliphatic carbocycles. The fourth-order valence-corrected chi connectivity index (χ4v) is 2.35. The molecule has 2 rings (SSSR count). The molecule has 1 atom stereocenters. The number of hydrogen-bond donors (Lipinski definition) is 2. The summed E-state index contributed by atoms with van der Waals surface area (Å²) in [7, 11) is 0. The van der Waals surface area contributed by atoms with Crippen LogP contribution in [0.4, 0.5) is 8.78 Å². The van der Waals surface area contributed by atoms with Crippen LogP contribution in [0.25, 0.3) is 0 Å². The minimum Gasteiger partial charge on any atom is -0.434 e. The third kappa shape index (κ3) is 3.67. The Morgan fingerprint density at radius 3 is 2.60 bits per heavy atom. The van der Waals surface area contributed by atoms with Crippen molar-refractivity contribution in [1.82, 2.24) is 5.32 Å². The Balaban J connectivity index is 2.06. The molecule has 1 fully saturated rings. The summed E-state index contributed by atoms with van der Waals surface area (Å²) in [6.45, 7) is 0.0484. The lowest BCUT2D eigenvalue weighted by atomic mass is 10.0. The van der Waals surface area contributed by atoms with E-state index in [1.807, 2.05) is 13.0 Å². The van der Waals surface area contributed by atoms with Crippen LogP contribution in [0.3, 0.4) is 0 Å². The third-order valence-electron chi connectivity index (χ3n) is 3.93. The van der Waals surface area contributed by atoms with E-state index in [-0.39, 0.29) is 23.8 Å². The summed E-state index contributed by atoms with van der Waals surface area (Å²) >= 11 is 0. The molecule has 1 unspecified atom stereocenters. The number of alkyl halides is 2. The van der Waals surface area contributed by atoms with E-state index in [9.17, 15) is 13.9 Å². The van der Waals surface area contributed by atoms with Crippen LogP contribution in [0.5, 0.6) is 5.75 Å². The van der Waals surface area contributed by atoms with Gasteiger partial charge in [-0.1, -0.05) is 25.1 Å². The van der Waals surface area contributed by atoms with Crippen LogP contribution in [0.15, 0.2) is 24.3 Å². The first-order chi connectivity index (χ1) is 9.60. The van der Waals surface area contributed by atoms with Gasteiger partial charge in [-0.3, -0.25) is 0 Å². The molecule has 0 aliphatic heterocycles. The maximum atomic E-state index is 12.4. The van der Waals surface area contributed by atoms with Crippen LogP contribution >= 0.6 is 0 Å². The normalized spacial score (nSPS) is 18.1. The van der Waals surface area contributed by atoms with Gasteiger partial charge in [0.1, 0.15) is 5.75 Å². The Morgan fingerprint density at radius 2 is 2.05 bits per heavy atom. The number of aliphatic hydroxyl groups is 1. The van der Waals surface area contributed by atoms with Crippen molar-refractivity contribution < 1.29 is 18.6 Å². The summed E-state index contributed by atoms with van der Waals surface area (Å²) in [6, 6.07) is 6.82. The van der Waals surface area contributed by atoms with Gasteiger partial charge in [0.25, 0.3) is 0 Å². The van der Waals surface area contributed by atoms with E-state index in [4.69, 9.17) is 0 Å². The van der Waals surface area contributed by atoms with E-state index in [0.29, 0.717) is 6.54 Å². The Kier molecular flexibility index (Phi) is 4.94. The minimum atomic E-state index is -2.82. The largest absolute Gasteiger partial charge is 0.434 e. The molecule has 1 aliphatic rings. The van der Waals surface area contributed by atoms with Gasteiger partial charge in [-0.2, -0.15) is 8.78 Å². The van der Waals surface area contributed by atoms with E-state index in [0.717, 1.165) is 24.8 Å². The molecule has 0 radical (unpaired) electrons. The van der Waals surface area contributed by atoms with Crippen LogP contribution in [-0.2, 0) is 0 Å². The SMILES string of the molecule is CCC(NCC1(CO)CC1)c1ccccc1OC(F)F. The fourth-order valence-electron chi connectivity index (χ4n) is 2.35. The van der Waals surface area contributed by atoms with Gasteiger partial charge in [0.15, 0.2) is 0 Å². The summed E-state index contributed by atoms with van der Waals surface area (Å²) in [6.07, 6.45) is 2.80. The Bertz CT molecular complexity index is 436. The Morgan fingerprint density at radius 1 is 1.35 bits per heavy atom. The number of benzene rings is 1. The van der Waals surface area contributed by atoms with Crippen LogP contribution in [0.2, 0.25) is 0 Å². The average molecular weight is 285 g/mol. The summed E-state index contributed by atoms with van der Waals surface area (Å²) in [5, 5.41) is 12.7. The molecular formula is C15H21F2NO2. The summed E-state index contributed by atoms with van der Waals surface area (Å²) in [5.74, 6) is 0.218. The van der Waals surface area contributed by atoms with Crippen molar-refractivity contribution in [3.8, 4) is 5.75 Å². The second kappa shape index (κ2) is 6.50. The number of hydrogen-bond acceptors (Lipinski definition) is 3. The van der Waals surface area contributed by atoms with Crippen LogP contribution in [-0.4, -0.2) is 24.9 Å². The predicted molar refractivity (Wildman–Crippen MR) is 72.9 cm³/mol. The zero-order chi connectivity index (χ0) is 14.6. The van der Waals surface area contributed by atoms with E-state index in [2.05, 4.69) is 10.1 Å². The van der Waals surface area contributed by atoms with Gasteiger partial charge >= 0.3 is 6.61 Å². The van der Waals surface area contributed by atoms with Crippen molar-refractivity contribution in [2.75, 3.05) is 13.2 Å². The molecule has 0 spiro atoms. The van der Waals surface area contributed by atoms with Crippen molar-refractivity contribution >= 4 is 0 Å². The van der Waals surface area contributed by atoms with Gasteiger partial charge in [0.05, 0.1) is 0 Å². The number of aliphatic hydroxyl groups excluding tert-OH is 1. The molecular weight excluding hydrogens is 264 g/mol. The molecule has 112 valence electrons.